The fourth-order valence-electron chi connectivity index (χ4n) is 4.02. The minimum Gasteiger partial charge on any atom is -0.399 e. The number of anilines is 2. The van der Waals surface area contributed by atoms with Gasteiger partial charge in [0.05, 0.1) is 0 Å². The van der Waals surface area contributed by atoms with Crippen molar-refractivity contribution >= 4 is 11.4 Å². The van der Waals surface area contributed by atoms with Gasteiger partial charge < -0.3 is 10.6 Å². The fraction of sp³-hybridized carbons (Fsp3) is 0.625. The van der Waals surface area contributed by atoms with E-state index < -0.39 is 0 Å². The van der Waals surface area contributed by atoms with Crippen LogP contribution >= 0.6 is 0 Å². The quantitative estimate of drug-likeness (QED) is 0.821. The van der Waals surface area contributed by atoms with Crippen molar-refractivity contribution in [3.8, 4) is 0 Å². The van der Waals surface area contributed by atoms with Crippen LogP contribution in [-0.2, 0) is 0 Å². The largest absolute Gasteiger partial charge is 0.399 e. The first-order valence-corrected chi connectivity index (χ1v) is 7.36. The molecule has 1 aromatic carbocycles. The van der Waals surface area contributed by atoms with E-state index in [1.54, 1.807) is 0 Å². The Hall–Kier alpha value is -1.18. The molecular formula is C16H24N2. The van der Waals surface area contributed by atoms with E-state index in [9.17, 15) is 0 Å². The van der Waals surface area contributed by atoms with Gasteiger partial charge in [-0.05, 0) is 62.1 Å². The minimum absolute atomic E-state index is 0.874. The van der Waals surface area contributed by atoms with Gasteiger partial charge >= 0.3 is 0 Å². The van der Waals surface area contributed by atoms with Crippen LogP contribution in [0.4, 0.5) is 11.4 Å². The highest BCUT2D eigenvalue weighted by Crippen LogP contribution is 2.48. The predicted octanol–water partition coefficient (Wildman–Crippen LogP) is 3.53. The molecule has 3 atom stereocenters. The van der Waals surface area contributed by atoms with E-state index in [0.717, 1.165) is 30.0 Å². The molecule has 2 nitrogen and oxygen atoms in total. The van der Waals surface area contributed by atoms with E-state index in [2.05, 4.69) is 30.0 Å². The molecule has 0 spiro atoms. The summed E-state index contributed by atoms with van der Waals surface area (Å²) in [5, 5.41) is 0. The molecule has 1 aromatic rings. The number of nitrogens with zero attached hydrogens (tertiary/aromatic N) is 1. The van der Waals surface area contributed by atoms with Crippen LogP contribution in [0.3, 0.4) is 0 Å². The Labute approximate surface area is 110 Å². The van der Waals surface area contributed by atoms with E-state index in [-0.39, 0.29) is 0 Å². The lowest BCUT2D eigenvalue weighted by molar-refractivity contribution is 0.335. The summed E-state index contributed by atoms with van der Waals surface area (Å²) in [6.07, 6.45) is 5.93. The molecule has 2 fully saturated rings. The molecule has 98 valence electrons. The summed E-state index contributed by atoms with van der Waals surface area (Å²) >= 11 is 0. The summed E-state index contributed by atoms with van der Waals surface area (Å²) in [5.74, 6) is 2.97. The summed E-state index contributed by atoms with van der Waals surface area (Å²) in [6, 6.07) is 8.33. The van der Waals surface area contributed by atoms with Gasteiger partial charge in [-0.3, -0.25) is 0 Å². The summed E-state index contributed by atoms with van der Waals surface area (Å²) < 4.78 is 0. The number of fused-ring (bicyclic) bond motifs is 2. The first-order valence-electron chi connectivity index (χ1n) is 7.36. The molecule has 0 radical (unpaired) electrons. The molecule has 18 heavy (non-hydrogen) atoms. The number of benzene rings is 1. The Bertz CT molecular complexity index is 415. The van der Waals surface area contributed by atoms with Crippen molar-refractivity contribution in [3.63, 3.8) is 0 Å². The zero-order valence-electron chi connectivity index (χ0n) is 11.3. The number of hydrogen-bond donors (Lipinski definition) is 1. The molecule has 0 aliphatic heterocycles. The molecule has 3 rings (SSSR count). The molecule has 2 bridgehead atoms. The zero-order valence-corrected chi connectivity index (χ0v) is 11.3. The van der Waals surface area contributed by atoms with Gasteiger partial charge in [0.15, 0.2) is 0 Å². The molecule has 3 unspecified atom stereocenters. The van der Waals surface area contributed by atoms with Crippen LogP contribution in [0.5, 0.6) is 0 Å². The predicted molar refractivity (Wildman–Crippen MR) is 77.7 cm³/mol. The van der Waals surface area contributed by atoms with Crippen LogP contribution in [0.1, 0.15) is 32.6 Å². The summed E-state index contributed by atoms with van der Waals surface area (Å²) in [5.41, 5.74) is 8.06. The average molecular weight is 244 g/mol. The molecule has 2 heteroatoms. The number of nitrogens with two attached hydrogens (primary N) is 1. The van der Waals surface area contributed by atoms with Gasteiger partial charge in [-0.2, -0.15) is 0 Å². The summed E-state index contributed by atoms with van der Waals surface area (Å²) in [7, 11) is 0. The third kappa shape index (κ3) is 2.21. The molecule has 2 aliphatic rings. The SMILES string of the molecule is CCN(CC1CC2CCC1C2)c1cccc(N)c1. The van der Waals surface area contributed by atoms with E-state index in [4.69, 9.17) is 5.73 Å². The maximum absolute atomic E-state index is 5.89. The maximum Gasteiger partial charge on any atom is 0.0386 e. The lowest BCUT2D eigenvalue weighted by atomic mass is 9.88. The third-order valence-electron chi connectivity index (χ3n) is 4.96. The van der Waals surface area contributed by atoms with E-state index in [1.165, 1.54) is 37.9 Å². The van der Waals surface area contributed by atoms with E-state index in [1.807, 2.05) is 6.07 Å². The van der Waals surface area contributed by atoms with Gasteiger partial charge in [-0.15, -0.1) is 0 Å². The lowest BCUT2D eigenvalue weighted by Gasteiger charge is -2.31. The van der Waals surface area contributed by atoms with Gasteiger partial charge in [0.1, 0.15) is 0 Å². The van der Waals surface area contributed by atoms with Gasteiger partial charge in [-0.25, -0.2) is 0 Å². The molecule has 2 saturated carbocycles. The van der Waals surface area contributed by atoms with Crippen LogP contribution in [0.15, 0.2) is 24.3 Å². The minimum atomic E-state index is 0.874. The molecule has 0 aromatic heterocycles. The molecule has 2 N–H and O–H groups in total. The molecule has 0 heterocycles. The Kier molecular flexibility index (Phi) is 3.19. The highest BCUT2D eigenvalue weighted by atomic mass is 15.1. The topological polar surface area (TPSA) is 29.3 Å². The Morgan fingerprint density at radius 1 is 1.28 bits per heavy atom. The molecule has 0 saturated heterocycles. The van der Waals surface area contributed by atoms with Crippen molar-refractivity contribution in [2.24, 2.45) is 17.8 Å². The Morgan fingerprint density at radius 2 is 2.17 bits per heavy atom. The fourth-order valence-corrected chi connectivity index (χ4v) is 4.02. The first-order chi connectivity index (χ1) is 8.76. The van der Waals surface area contributed by atoms with Crippen LogP contribution in [-0.4, -0.2) is 13.1 Å². The summed E-state index contributed by atoms with van der Waals surface area (Å²) in [4.78, 5) is 2.50. The van der Waals surface area contributed by atoms with Crippen molar-refractivity contribution in [2.75, 3.05) is 23.7 Å². The van der Waals surface area contributed by atoms with Crippen molar-refractivity contribution in [1.29, 1.82) is 0 Å². The number of rotatable bonds is 4. The maximum atomic E-state index is 5.89. The highest BCUT2D eigenvalue weighted by molar-refractivity contribution is 5.55. The van der Waals surface area contributed by atoms with Crippen molar-refractivity contribution in [3.05, 3.63) is 24.3 Å². The van der Waals surface area contributed by atoms with Gasteiger partial charge in [0, 0.05) is 24.5 Å². The van der Waals surface area contributed by atoms with Gasteiger partial charge in [0.2, 0.25) is 0 Å². The van der Waals surface area contributed by atoms with Crippen LogP contribution in [0, 0.1) is 17.8 Å². The second-order valence-corrected chi connectivity index (χ2v) is 6.07. The summed E-state index contributed by atoms with van der Waals surface area (Å²) in [6.45, 7) is 4.55. The Morgan fingerprint density at radius 3 is 2.78 bits per heavy atom. The second kappa shape index (κ2) is 4.83. The van der Waals surface area contributed by atoms with E-state index >= 15 is 0 Å². The Balaban J connectivity index is 1.69. The molecule has 0 amide bonds. The smallest absolute Gasteiger partial charge is 0.0386 e. The van der Waals surface area contributed by atoms with Crippen LogP contribution < -0.4 is 10.6 Å². The van der Waals surface area contributed by atoms with Crippen molar-refractivity contribution < 1.29 is 0 Å². The van der Waals surface area contributed by atoms with Gasteiger partial charge in [0.25, 0.3) is 0 Å². The highest BCUT2D eigenvalue weighted by Gasteiger charge is 2.39. The van der Waals surface area contributed by atoms with Crippen molar-refractivity contribution in [2.45, 2.75) is 32.6 Å². The number of nitrogen functional groups attached to an aromatic ring is 1. The van der Waals surface area contributed by atoms with Gasteiger partial charge in [-0.1, -0.05) is 12.5 Å². The van der Waals surface area contributed by atoms with Crippen LogP contribution in [0.2, 0.25) is 0 Å². The average Bonchev–Trinajstić information content (AvgIpc) is 2.98. The second-order valence-electron chi connectivity index (χ2n) is 6.07. The zero-order chi connectivity index (χ0) is 12.5. The third-order valence-corrected chi connectivity index (χ3v) is 4.96. The van der Waals surface area contributed by atoms with Crippen LogP contribution in [0.25, 0.3) is 0 Å². The normalized spacial score (nSPS) is 29.7. The van der Waals surface area contributed by atoms with Crippen molar-refractivity contribution in [1.82, 2.24) is 0 Å². The number of hydrogen-bond acceptors (Lipinski definition) is 2. The van der Waals surface area contributed by atoms with E-state index in [0.29, 0.717) is 0 Å². The first kappa shape index (κ1) is 11.9. The molecule has 2 aliphatic carbocycles. The monoisotopic (exact) mass is 244 g/mol. The standard InChI is InChI=1S/C16H24N2/c1-2-18(16-5-3-4-15(17)10-16)11-14-9-12-6-7-13(14)8-12/h3-5,10,12-14H,2,6-9,11,17H2,1H3. The molecular weight excluding hydrogens is 220 g/mol. The lowest BCUT2D eigenvalue weighted by Crippen LogP contribution is -2.31.